The Hall–Kier alpha value is -0.330. The number of halogens is 2. The van der Waals surface area contributed by atoms with Crippen molar-refractivity contribution < 1.29 is 9.90 Å². The normalized spacial score (nSPS) is 12.3. The molecule has 82 valence electrons. The van der Waals surface area contributed by atoms with Gasteiger partial charge in [0, 0.05) is 15.2 Å². The first kappa shape index (κ1) is 12.7. The predicted octanol–water partition coefficient (Wildman–Crippen LogP) is 2.06. The van der Waals surface area contributed by atoms with Crippen molar-refractivity contribution in [3.8, 4) is 0 Å². The van der Waals surface area contributed by atoms with Crippen LogP contribution in [0.25, 0.3) is 0 Å². The van der Waals surface area contributed by atoms with Crippen molar-refractivity contribution >= 4 is 40.1 Å². The fourth-order valence-electron chi connectivity index (χ4n) is 0.990. The van der Waals surface area contributed by atoms with E-state index in [0.29, 0.717) is 10.6 Å². The summed E-state index contributed by atoms with van der Waals surface area (Å²) in [7, 11) is 0. The number of hydrogen-bond donors (Lipinski definition) is 2. The zero-order valence-corrected chi connectivity index (χ0v) is 11.0. The number of carbonyl (C=O) groups excluding carboxylic acids is 1. The highest BCUT2D eigenvalue weighted by atomic mass is 127. The van der Waals surface area contributed by atoms with E-state index < -0.39 is 0 Å². The van der Waals surface area contributed by atoms with E-state index >= 15 is 0 Å². The maximum atomic E-state index is 11.6. The van der Waals surface area contributed by atoms with Gasteiger partial charge in [0.2, 0.25) is 0 Å². The van der Waals surface area contributed by atoms with Gasteiger partial charge in [-0.25, -0.2) is 0 Å². The summed E-state index contributed by atoms with van der Waals surface area (Å²) >= 11 is 7.90. The molecular formula is C10H11ClINO2. The van der Waals surface area contributed by atoms with Gasteiger partial charge in [0.15, 0.2) is 0 Å². The highest BCUT2D eigenvalue weighted by Gasteiger charge is 2.09. The Morgan fingerprint density at radius 2 is 2.33 bits per heavy atom. The summed E-state index contributed by atoms with van der Waals surface area (Å²) < 4.78 is 0.832. The number of aliphatic hydroxyl groups excluding tert-OH is 1. The molecule has 0 radical (unpaired) electrons. The molecule has 1 rings (SSSR count). The van der Waals surface area contributed by atoms with Crippen LogP contribution in [0.5, 0.6) is 0 Å². The summed E-state index contributed by atoms with van der Waals surface area (Å²) in [5.41, 5.74) is 0.545. The van der Waals surface area contributed by atoms with E-state index in [0.717, 1.165) is 3.57 Å². The van der Waals surface area contributed by atoms with E-state index in [-0.39, 0.29) is 18.6 Å². The van der Waals surface area contributed by atoms with Crippen LogP contribution in [0.3, 0.4) is 0 Å². The lowest BCUT2D eigenvalue weighted by atomic mass is 10.2. The second-order valence-electron chi connectivity index (χ2n) is 3.19. The Morgan fingerprint density at radius 3 is 2.87 bits per heavy atom. The molecule has 3 nitrogen and oxygen atoms in total. The average Bonchev–Trinajstić information content (AvgIpc) is 2.21. The summed E-state index contributed by atoms with van der Waals surface area (Å²) in [6.45, 7) is 1.66. The molecule has 1 amide bonds. The molecule has 0 saturated carbocycles. The van der Waals surface area contributed by atoms with Crippen LogP contribution in [0.1, 0.15) is 17.3 Å². The highest BCUT2D eigenvalue weighted by molar-refractivity contribution is 14.1. The van der Waals surface area contributed by atoms with E-state index in [9.17, 15) is 4.79 Å². The Bertz CT molecular complexity index is 370. The van der Waals surface area contributed by atoms with E-state index in [2.05, 4.69) is 27.9 Å². The summed E-state index contributed by atoms with van der Waals surface area (Å²) in [6.07, 6.45) is 0. The van der Waals surface area contributed by atoms with E-state index in [1.165, 1.54) is 0 Å². The zero-order valence-electron chi connectivity index (χ0n) is 8.13. The maximum Gasteiger partial charge on any atom is 0.251 e. The van der Waals surface area contributed by atoms with Crippen molar-refractivity contribution in [1.82, 2.24) is 5.32 Å². The summed E-state index contributed by atoms with van der Waals surface area (Å²) in [5.74, 6) is -0.203. The number of rotatable bonds is 3. The summed E-state index contributed by atoms with van der Waals surface area (Å²) in [6, 6.07) is 4.81. The minimum Gasteiger partial charge on any atom is -0.394 e. The Balaban J connectivity index is 2.78. The lowest BCUT2D eigenvalue weighted by Crippen LogP contribution is -2.34. The topological polar surface area (TPSA) is 49.3 Å². The molecule has 1 atom stereocenters. The molecule has 0 aromatic heterocycles. The molecule has 1 aromatic carbocycles. The molecule has 0 aliphatic carbocycles. The quantitative estimate of drug-likeness (QED) is 0.828. The number of amides is 1. The van der Waals surface area contributed by atoms with Gasteiger partial charge in [-0.1, -0.05) is 11.6 Å². The first-order valence-corrected chi connectivity index (χ1v) is 5.87. The van der Waals surface area contributed by atoms with Crippen LogP contribution >= 0.6 is 34.2 Å². The molecule has 0 fully saturated rings. The number of benzene rings is 1. The molecule has 2 N–H and O–H groups in total. The molecule has 0 saturated heterocycles. The van der Waals surface area contributed by atoms with E-state index in [4.69, 9.17) is 16.7 Å². The van der Waals surface area contributed by atoms with Crippen LogP contribution in [0.4, 0.5) is 0 Å². The third kappa shape index (κ3) is 3.62. The minimum atomic E-state index is -0.245. The van der Waals surface area contributed by atoms with Crippen molar-refractivity contribution in [3.05, 3.63) is 32.4 Å². The van der Waals surface area contributed by atoms with Crippen molar-refractivity contribution in [3.63, 3.8) is 0 Å². The molecule has 5 heteroatoms. The lowest BCUT2D eigenvalue weighted by molar-refractivity contribution is 0.0922. The average molecular weight is 340 g/mol. The largest absolute Gasteiger partial charge is 0.394 e. The van der Waals surface area contributed by atoms with Crippen molar-refractivity contribution in [1.29, 1.82) is 0 Å². The third-order valence-electron chi connectivity index (χ3n) is 1.83. The van der Waals surface area contributed by atoms with Gasteiger partial charge in [-0.15, -0.1) is 0 Å². The molecular weight excluding hydrogens is 328 g/mol. The second kappa shape index (κ2) is 5.67. The second-order valence-corrected chi connectivity index (χ2v) is 4.76. The van der Waals surface area contributed by atoms with Crippen LogP contribution in [0.15, 0.2) is 18.2 Å². The van der Waals surface area contributed by atoms with Gasteiger partial charge < -0.3 is 10.4 Å². The smallest absolute Gasteiger partial charge is 0.251 e. The van der Waals surface area contributed by atoms with Gasteiger partial charge in [0.25, 0.3) is 5.91 Å². The highest BCUT2D eigenvalue weighted by Crippen LogP contribution is 2.19. The molecule has 15 heavy (non-hydrogen) atoms. The Kier molecular flexibility index (Phi) is 4.82. The predicted molar refractivity (Wildman–Crippen MR) is 68.2 cm³/mol. The van der Waals surface area contributed by atoms with Gasteiger partial charge in [-0.05, 0) is 47.7 Å². The molecule has 1 aromatic rings. The van der Waals surface area contributed by atoms with E-state index in [1.54, 1.807) is 25.1 Å². The molecule has 0 spiro atoms. The maximum absolute atomic E-state index is 11.6. The Morgan fingerprint density at radius 1 is 1.67 bits per heavy atom. The zero-order chi connectivity index (χ0) is 11.4. The van der Waals surface area contributed by atoms with Crippen LogP contribution in [0, 0.1) is 3.57 Å². The standard InChI is InChI=1S/C10H11ClINO2/c1-6(5-14)13-10(15)7-2-3-8(11)9(12)4-7/h2-4,6,14H,5H2,1H3,(H,13,15). The van der Waals surface area contributed by atoms with Crippen molar-refractivity contribution in [2.24, 2.45) is 0 Å². The minimum absolute atomic E-state index is 0.0730. The fraction of sp³-hybridized carbons (Fsp3) is 0.300. The monoisotopic (exact) mass is 339 g/mol. The van der Waals surface area contributed by atoms with Gasteiger partial charge >= 0.3 is 0 Å². The first-order chi connectivity index (χ1) is 7.04. The number of carbonyl (C=O) groups is 1. The number of hydrogen-bond acceptors (Lipinski definition) is 2. The molecule has 1 unspecified atom stereocenters. The first-order valence-electron chi connectivity index (χ1n) is 4.41. The van der Waals surface area contributed by atoms with Gasteiger partial charge in [0.1, 0.15) is 0 Å². The number of aliphatic hydroxyl groups is 1. The van der Waals surface area contributed by atoms with Crippen molar-refractivity contribution in [2.45, 2.75) is 13.0 Å². The van der Waals surface area contributed by atoms with Crippen LogP contribution < -0.4 is 5.32 Å². The van der Waals surface area contributed by atoms with Crippen LogP contribution in [0.2, 0.25) is 5.02 Å². The van der Waals surface area contributed by atoms with Gasteiger partial charge in [-0.2, -0.15) is 0 Å². The fourth-order valence-corrected chi connectivity index (χ4v) is 1.62. The third-order valence-corrected chi connectivity index (χ3v) is 3.37. The van der Waals surface area contributed by atoms with Crippen LogP contribution in [-0.4, -0.2) is 23.7 Å². The molecule has 0 heterocycles. The Labute approximate surface area is 107 Å². The molecule has 0 bridgehead atoms. The van der Waals surface area contributed by atoms with Gasteiger partial charge in [-0.3, -0.25) is 4.79 Å². The summed E-state index contributed by atoms with van der Waals surface area (Å²) in [5, 5.41) is 12.1. The molecule has 0 aliphatic heterocycles. The van der Waals surface area contributed by atoms with Crippen LogP contribution in [-0.2, 0) is 0 Å². The van der Waals surface area contributed by atoms with E-state index in [1.807, 2.05) is 0 Å². The molecule has 0 aliphatic rings. The van der Waals surface area contributed by atoms with Gasteiger partial charge in [0.05, 0.1) is 11.6 Å². The van der Waals surface area contributed by atoms with Crippen molar-refractivity contribution in [2.75, 3.05) is 6.61 Å². The number of nitrogens with one attached hydrogen (secondary N) is 1. The lowest BCUT2D eigenvalue weighted by Gasteiger charge is -2.10. The SMILES string of the molecule is CC(CO)NC(=O)c1ccc(Cl)c(I)c1. The summed E-state index contributed by atoms with van der Waals surface area (Å²) in [4.78, 5) is 11.6.